The van der Waals surface area contributed by atoms with Crippen molar-refractivity contribution in [3.05, 3.63) is 46.8 Å². The summed E-state index contributed by atoms with van der Waals surface area (Å²) < 4.78 is 1.96. The Morgan fingerprint density at radius 1 is 1.19 bits per heavy atom. The number of para-hydroxylation sites is 1. The topological polar surface area (TPSA) is 75.4 Å². The number of carbonyl (C=O) groups excluding carboxylic acids is 1. The van der Waals surface area contributed by atoms with Crippen molar-refractivity contribution >= 4 is 11.9 Å². The van der Waals surface area contributed by atoms with E-state index in [2.05, 4.69) is 13.0 Å². The second kappa shape index (κ2) is 7.18. The lowest BCUT2D eigenvalue weighted by atomic mass is 9.93. The molecule has 2 heterocycles. The number of piperidine rings is 1. The van der Waals surface area contributed by atoms with E-state index in [4.69, 9.17) is 10.2 Å². The predicted octanol–water partition coefficient (Wildman–Crippen LogP) is 3.00. The summed E-state index contributed by atoms with van der Waals surface area (Å²) in [6.45, 7) is 3.29. The molecule has 0 saturated carbocycles. The molecule has 6 heteroatoms. The molecule has 27 heavy (non-hydrogen) atoms. The molecular weight excluding hydrogens is 342 g/mol. The van der Waals surface area contributed by atoms with E-state index in [-0.39, 0.29) is 18.2 Å². The second-order valence-corrected chi connectivity index (χ2v) is 7.66. The number of amides is 1. The zero-order valence-corrected chi connectivity index (χ0v) is 15.6. The van der Waals surface area contributed by atoms with E-state index in [1.54, 1.807) is 0 Å². The van der Waals surface area contributed by atoms with Crippen LogP contribution in [0.2, 0.25) is 0 Å². The van der Waals surface area contributed by atoms with Gasteiger partial charge in [-0.25, -0.2) is 4.68 Å². The zero-order chi connectivity index (χ0) is 19.0. The Balaban J connectivity index is 1.58. The minimum absolute atomic E-state index is 0.00532. The van der Waals surface area contributed by atoms with Gasteiger partial charge >= 0.3 is 5.97 Å². The van der Waals surface area contributed by atoms with Crippen molar-refractivity contribution < 1.29 is 14.7 Å². The molecule has 2 aliphatic rings. The number of fused-ring (bicyclic) bond motifs is 1. The first-order valence-electron chi connectivity index (χ1n) is 9.72. The van der Waals surface area contributed by atoms with E-state index in [1.807, 2.05) is 27.8 Å². The van der Waals surface area contributed by atoms with Gasteiger partial charge in [-0.15, -0.1) is 0 Å². The Morgan fingerprint density at radius 3 is 2.63 bits per heavy atom. The maximum absolute atomic E-state index is 13.2. The third-order valence-corrected chi connectivity index (χ3v) is 5.84. The Bertz CT molecular complexity index is 879. The van der Waals surface area contributed by atoms with Crippen LogP contribution in [0.15, 0.2) is 24.3 Å². The number of aromatic nitrogens is 2. The fraction of sp³-hybridized carbons (Fsp3) is 0.476. The first kappa shape index (κ1) is 17.8. The van der Waals surface area contributed by atoms with Crippen molar-refractivity contribution in [3.8, 4) is 5.69 Å². The molecule has 2 aromatic rings. The lowest BCUT2D eigenvalue weighted by molar-refractivity contribution is -0.138. The molecule has 1 amide bonds. The van der Waals surface area contributed by atoms with Gasteiger partial charge in [0.2, 0.25) is 0 Å². The molecule has 1 fully saturated rings. The van der Waals surface area contributed by atoms with Crippen molar-refractivity contribution in [2.24, 2.45) is 5.92 Å². The smallest absolute Gasteiger partial charge is 0.303 e. The number of hydrogen-bond acceptors (Lipinski definition) is 3. The van der Waals surface area contributed by atoms with Crippen LogP contribution in [0.4, 0.5) is 0 Å². The molecule has 0 unspecified atom stereocenters. The number of carboxylic acid groups (broad SMARTS) is 1. The molecule has 0 radical (unpaired) electrons. The first-order chi connectivity index (χ1) is 13.0. The number of carbonyl (C=O) groups is 2. The van der Waals surface area contributed by atoms with Crippen LogP contribution in [-0.2, 0) is 17.6 Å². The van der Waals surface area contributed by atoms with E-state index in [1.165, 1.54) is 0 Å². The second-order valence-electron chi connectivity index (χ2n) is 7.66. The van der Waals surface area contributed by atoms with E-state index in [0.29, 0.717) is 18.8 Å². The summed E-state index contributed by atoms with van der Waals surface area (Å²) in [5.41, 5.74) is 5.02. The van der Waals surface area contributed by atoms with Crippen LogP contribution in [0, 0.1) is 12.8 Å². The number of carboxylic acids is 1. The third-order valence-electron chi connectivity index (χ3n) is 5.84. The summed E-state index contributed by atoms with van der Waals surface area (Å²) in [4.78, 5) is 25.9. The van der Waals surface area contributed by atoms with Gasteiger partial charge < -0.3 is 10.0 Å². The van der Waals surface area contributed by atoms with Gasteiger partial charge in [0, 0.05) is 30.8 Å². The molecule has 1 saturated heterocycles. The van der Waals surface area contributed by atoms with Crippen LogP contribution >= 0.6 is 0 Å². The Kier molecular flexibility index (Phi) is 4.72. The number of nitrogens with zero attached hydrogens (tertiary/aromatic N) is 3. The number of aryl methyl sites for hydroxylation is 1. The largest absolute Gasteiger partial charge is 0.481 e. The van der Waals surface area contributed by atoms with E-state index < -0.39 is 5.97 Å². The van der Waals surface area contributed by atoms with Crippen LogP contribution in [0.5, 0.6) is 0 Å². The van der Waals surface area contributed by atoms with Crippen molar-refractivity contribution in [1.29, 1.82) is 0 Å². The SMILES string of the molecule is Cc1ccccc1-n1nc(C(=O)N2CCC(CC(=O)O)CC2)c2c1CCC2. The van der Waals surface area contributed by atoms with Gasteiger partial charge in [0.1, 0.15) is 0 Å². The summed E-state index contributed by atoms with van der Waals surface area (Å²) in [6.07, 6.45) is 4.60. The van der Waals surface area contributed by atoms with E-state index in [9.17, 15) is 9.59 Å². The van der Waals surface area contributed by atoms with Crippen molar-refractivity contribution in [1.82, 2.24) is 14.7 Å². The summed E-state index contributed by atoms with van der Waals surface area (Å²) in [7, 11) is 0. The van der Waals surface area contributed by atoms with Gasteiger partial charge in [-0.1, -0.05) is 18.2 Å². The van der Waals surface area contributed by atoms with Crippen LogP contribution < -0.4 is 0 Å². The van der Waals surface area contributed by atoms with Crippen molar-refractivity contribution in [2.75, 3.05) is 13.1 Å². The number of aliphatic carboxylic acids is 1. The standard InChI is InChI=1S/C21H25N3O3/c1-14-5-2-3-7-17(14)24-18-8-4-6-16(18)20(22-24)21(27)23-11-9-15(10-12-23)13-19(25)26/h2-3,5,7,15H,4,6,8-13H2,1H3,(H,25,26). The molecular formula is C21H25N3O3. The molecule has 0 bridgehead atoms. The number of likely N-dealkylation sites (tertiary alicyclic amines) is 1. The number of benzene rings is 1. The zero-order valence-electron chi connectivity index (χ0n) is 15.6. The minimum atomic E-state index is -0.755. The molecule has 1 aromatic heterocycles. The highest BCUT2D eigenvalue weighted by Gasteiger charge is 2.32. The molecule has 0 atom stereocenters. The van der Waals surface area contributed by atoms with Gasteiger partial charge in [0.25, 0.3) is 5.91 Å². The normalized spacial score (nSPS) is 17.1. The van der Waals surface area contributed by atoms with Crippen LogP contribution in [0.1, 0.15) is 53.0 Å². The predicted molar refractivity (Wildman–Crippen MR) is 101 cm³/mol. The van der Waals surface area contributed by atoms with Crippen molar-refractivity contribution in [2.45, 2.75) is 45.4 Å². The van der Waals surface area contributed by atoms with Gasteiger partial charge in [-0.3, -0.25) is 9.59 Å². The summed E-state index contributed by atoms with van der Waals surface area (Å²) >= 11 is 0. The molecule has 4 rings (SSSR count). The Hall–Kier alpha value is -2.63. The number of rotatable bonds is 4. The lowest BCUT2D eigenvalue weighted by Gasteiger charge is -2.31. The van der Waals surface area contributed by atoms with Crippen LogP contribution in [0.25, 0.3) is 5.69 Å². The Morgan fingerprint density at radius 2 is 1.93 bits per heavy atom. The van der Waals surface area contributed by atoms with Gasteiger partial charge in [0.05, 0.1) is 5.69 Å². The Labute approximate surface area is 158 Å². The molecule has 1 aliphatic heterocycles. The first-order valence-corrected chi connectivity index (χ1v) is 9.72. The molecule has 6 nitrogen and oxygen atoms in total. The molecule has 1 N–H and O–H groups in total. The van der Waals surface area contributed by atoms with E-state index in [0.717, 1.165) is 54.6 Å². The van der Waals surface area contributed by atoms with Gasteiger partial charge in [0.15, 0.2) is 5.69 Å². The van der Waals surface area contributed by atoms with Gasteiger partial charge in [-0.2, -0.15) is 5.10 Å². The average molecular weight is 367 g/mol. The minimum Gasteiger partial charge on any atom is -0.481 e. The number of hydrogen-bond donors (Lipinski definition) is 1. The summed E-state index contributed by atoms with van der Waals surface area (Å²) in [5, 5.41) is 13.7. The fourth-order valence-corrected chi connectivity index (χ4v) is 4.35. The van der Waals surface area contributed by atoms with Gasteiger partial charge in [-0.05, 0) is 56.6 Å². The maximum Gasteiger partial charge on any atom is 0.303 e. The highest BCUT2D eigenvalue weighted by Crippen LogP contribution is 2.30. The maximum atomic E-state index is 13.2. The monoisotopic (exact) mass is 367 g/mol. The summed E-state index contributed by atoms with van der Waals surface area (Å²) in [5.74, 6) is -0.592. The van der Waals surface area contributed by atoms with Crippen LogP contribution in [0.3, 0.4) is 0 Å². The molecule has 1 aromatic carbocycles. The molecule has 1 aliphatic carbocycles. The lowest BCUT2D eigenvalue weighted by Crippen LogP contribution is -2.39. The highest BCUT2D eigenvalue weighted by atomic mass is 16.4. The van der Waals surface area contributed by atoms with Crippen molar-refractivity contribution in [3.63, 3.8) is 0 Å². The fourth-order valence-electron chi connectivity index (χ4n) is 4.35. The molecule has 0 spiro atoms. The van der Waals surface area contributed by atoms with Crippen LogP contribution in [-0.4, -0.2) is 44.8 Å². The summed E-state index contributed by atoms with van der Waals surface area (Å²) in [6, 6.07) is 8.12. The third kappa shape index (κ3) is 3.36. The van der Waals surface area contributed by atoms with E-state index >= 15 is 0 Å². The average Bonchev–Trinajstić information content (AvgIpc) is 3.24. The highest BCUT2D eigenvalue weighted by molar-refractivity contribution is 5.94. The molecule has 142 valence electrons. The quantitative estimate of drug-likeness (QED) is 0.901.